The van der Waals surface area contributed by atoms with E-state index in [0.29, 0.717) is 0 Å². The van der Waals surface area contributed by atoms with Crippen molar-refractivity contribution >= 4 is 0 Å². The van der Waals surface area contributed by atoms with Crippen LogP contribution >= 0.6 is 0 Å². The molecule has 0 saturated heterocycles. The van der Waals surface area contributed by atoms with E-state index in [4.69, 9.17) is 5.11 Å². The maximum Gasteiger partial charge on any atom is 0.0796 e. The van der Waals surface area contributed by atoms with Crippen LogP contribution in [0.25, 0.3) is 0 Å². The normalized spacial score (nSPS) is 15.1. The largest absolute Gasteiger partial charge is 0.394 e. The van der Waals surface area contributed by atoms with E-state index in [-0.39, 0.29) is 12.5 Å². The molecule has 0 aliphatic heterocycles. The lowest BCUT2D eigenvalue weighted by atomic mass is 9.96. The Morgan fingerprint density at radius 3 is 2.43 bits per heavy atom. The van der Waals surface area contributed by atoms with Crippen LogP contribution in [0.4, 0.5) is 0 Å². The number of aryl methyl sites for hydroxylation is 1. The molecule has 0 saturated carbocycles. The van der Waals surface area contributed by atoms with Crippen molar-refractivity contribution in [3.8, 4) is 0 Å². The molecule has 0 heterocycles. The van der Waals surface area contributed by atoms with Crippen molar-refractivity contribution < 1.29 is 10.2 Å². The second-order valence-electron chi connectivity index (χ2n) is 3.75. The predicted octanol–water partition coefficient (Wildman–Crippen LogP) is 1.61. The highest BCUT2D eigenvalue weighted by Gasteiger charge is 2.12. The van der Waals surface area contributed by atoms with Crippen molar-refractivity contribution in [2.45, 2.75) is 25.9 Å². The highest BCUT2D eigenvalue weighted by molar-refractivity contribution is 5.14. The zero-order chi connectivity index (χ0) is 10.4. The summed E-state index contributed by atoms with van der Waals surface area (Å²) in [5, 5.41) is 18.1. The van der Waals surface area contributed by atoms with Crippen molar-refractivity contribution in [2.24, 2.45) is 5.92 Å². The van der Waals surface area contributed by atoms with Crippen LogP contribution < -0.4 is 0 Å². The topological polar surface area (TPSA) is 40.5 Å². The molecular formula is C12H18O2. The molecule has 0 aliphatic rings. The van der Waals surface area contributed by atoms with Gasteiger partial charge in [-0.1, -0.05) is 37.3 Å². The second-order valence-corrected chi connectivity index (χ2v) is 3.75. The lowest BCUT2D eigenvalue weighted by Crippen LogP contribution is -2.22. The molecule has 0 unspecified atom stereocenters. The first kappa shape index (κ1) is 11.2. The van der Waals surface area contributed by atoms with Gasteiger partial charge in [0, 0.05) is 0 Å². The number of hydrogen-bond acceptors (Lipinski definition) is 2. The lowest BCUT2D eigenvalue weighted by Gasteiger charge is -2.16. The number of benzene rings is 1. The van der Waals surface area contributed by atoms with E-state index in [1.165, 1.54) is 5.56 Å². The molecule has 2 atom stereocenters. The van der Waals surface area contributed by atoms with Gasteiger partial charge >= 0.3 is 0 Å². The molecule has 0 aromatic heterocycles. The van der Waals surface area contributed by atoms with Gasteiger partial charge in [0.2, 0.25) is 0 Å². The number of rotatable bonds is 5. The van der Waals surface area contributed by atoms with Crippen LogP contribution in [0.15, 0.2) is 30.3 Å². The Morgan fingerprint density at radius 2 is 1.86 bits per heavy atom. The standard InChI is InChI=1S/C12H18O2/c1-10(12(14)9-13)7-8-11-5-3-2-4-6-11/h2-6,10,12-14H,7-9H2,1H3/t10-,12+/m1/s1. The second kappa shape index (κ2) is 5.78. The van der Waals surface area contributed by atoms with Crippen molar-refractivity contribution in [1.29, 1.82) is 0 Å². The van der Waals surface area contributed by atoms with Gasteiger partial charge < -0.3 is 10.2 Å². The zero-order valence-corrected chi connectivity index (χ0v) is 8.56. The Bertz CT molecular complexity index is 246. The van der Waals surface area contributed by atoms with E-state index in [1.54, 1.807) is 0 Å². The summed E-state index contributed by atoms with van der Waals surface area (Å²) in [6, 6.07) is 10.2. The zero-order valence-electron chi connectivity index (χ0n) is 8.56. The van der Waals surface area contributed by atoms with Gasteiger partial charge in [0.05, 0.1) is 12.7 Å². The van der Waals surface area contributed by atoms with Crippen molar-refractivity contribution in [3.63, 3.8) is 0 Å². The first-order valence-corrected chi connectivity index (χ1v) is 5.07. The maximum atomic E-state index is 9.35. The van der Waals surface area contributed by atoms with E-state index >= 15 is 0 Å². The monoisotopic (exact) mass is 194 g/mol. The average Bonchev–Trinajstić information content (AvgIpc) is 2.26. The molecule has 0 amide bonds. The van der Waals surface area contributed by atoms with Gasteiger partial charge in [-0.3, -0.25) is 0 Å². The molecule has 2 heteroatoms. The molecule has 0 fully saturated rings. The van der Waals surface area contributed by atoms with Crippen LogP contribution in [0.5, 0.6) is 0 Å². The highest BCUT2D eigenvalue weighted by atomic mass is 16.3. The fourth-order valence-electron chi connectivity index (χ4n) is 1.41. The summed E-state index contributed by atoms with van der Waals surface area (Å²) in [5.74, 6) is 0.153. The summed E-state index contributed by atoms with van der Waals surface area (Å²) < 4.78 is 0. The average molecular weight is 194 g/mol. The van der Waals surface area contributed by atoms with Crippen LogP contribution in [-0.4, -0.2) is 22.9 Å². The fourth-order valence-corrected chi connectivity index (χ4v) is 1.41. The fraction of sp³-hybridized carbons (Fsp3) is 0.500. The minimum atomic E-state index is -0.585. The molecule has 1 aromatic rings. The quantitative estimate of drug-likeness (QED) is 0.747. The first-order chi connectivity index (χ1) is 6.74. The lowest BCUT2D eigenvalue weighted by molar-refractivity contribution is 0.0505. The van der Waals surface area contributed by atoms with E-state index in [2.05, 4.69) is 12.1 Å². The van der Waals surface area contributed by atoms with Crippen LogP contribution in [0.2, 0.25) is 0 Å². The molecule has 2 N–H and O–H groups in total. The minimum absolute atomic E-state index is 0.143. The molecule has 78 valence electrons. The molecule has 1 aromatic carbocycles. The molecular weight excluding hydrogens is 176 g/mol. The SMILES string of the molecule is C[C@H](CCc1ccccc1)[C@@H](O)CO. The third-order valence-corrected chi connectivity index (χ3v) is 2.58. The Balaban J connectivity index is 2.34. The number of aliphatic hydroxyl groups is 2. The Labute approximate surface area is 85.2 Å². The van der Waals surface area contributed by atoms with Gasteiger partial charge in [-0.2, -0.15) is 0 Å². The third-order valence-electron chi connectivity index (χ3n) is 2.58. The Morgan fingerprint density at radius 1 is 1.21 bits per heavy atom. The highest BCUT2D eigenvalue weighted by Crippen LogP contribution is 2.12. The van der Waals surface area contributed by atoms with Crippen LogP contribution in [0.3, 0.4) is 0 Å². The molecule has 2 nitrogen and oxygen atoms in total. The summed E-state index contributed by atoms with van der Waals surface area (Å²) in [6.07, 6.45) is 1.28. The van der Waals surface area contributed by atoms with E-state index in [1.807, 2.05) is 25.1 Å². The summed E-state index contributed by atoms with van der Waals surface area (Å²) >= 11 is 0. The molecule has 14 heavy (non-hydrogen) atoms. The summed E-state index contributed by atoms with van der Waals surface area (Å²) in [6.45, 7) is 1.82. The van der Waals surface area contributed by atoms with Crippen LogP contribution in [0.1, 0.15) is 18.9 Å². The van der Waals surface area contributed by atoms with Gasteiger partial charge in [-0.15, -0.1) is 0 Å². The Kier molecular flexibility index (Phi) is 4.63. The number of hydrogen-bond donors (Lipinski definition) is 2. The number of aliphatic hydroxyl groups excluding tert-OH is 2. The molecule has 1 rings (SSSR count). The van der Waals surface area contributed by atoms with Gasteiger partial charge in [-0.05, 0) is 24.3 Å². The van der Waals surface area contributed by atoms with Gasteiger partial charge in [0.1, 0.15) is 0 Å². The Hall–Kier alpha value is -0.860. The van der Waals surface area contributed by atoms with Crippen molar-refractivity contribution in [2.75, 3.05) is 6.61 Å². The maximum absolute atomic E-state index is 9.35. The molecule has 0 bridgehead atoms. The molecule has 0 aliphatic carbocycles. The van der Waals surface area contributed by atoms with Crippen LogP contribution in [0, 0.1) is 5.92 Å². The van der Waals surface area contributed by atoms with Gasteiger partial charge in [-0.25, -0.2) is 0 Å². The smallest absolute Gasteiger partial charge is 0.0796 e. The summed E-state index contributed by atoms with van der Waals surface area (Å²) in [4.78, 5) is 0. The van der Waals surface area contributed by atoms with E-state index in [0.717, 1.165) is 12.8 Å². The molecule has 0 radical (unpaired) electrons. The van der Waals surface area contributed by atoms with Crippen molar-refractivity contribution in [1.82, 2.24) is 0 Å². The van der Waals surface area contributed by atoms with Gasteiger partial charge in [0.15, 0.2) is 0 Å². The van der Waals surface area contributed by atoms with Crippen LogP contribution in [-0.2, 0) is 6.42 Å². The third kappa shape index (κ3) is 3.48. The summed E-state index contributed by atoms with van der Waals surface area (Å²) in [7, 11) is 0. The van der Waals surface area contributed by atoms with Crippen molar-refractivity contribution in [3.05, 3.63) is 35.9 Å². The minimum Gasteiger partial charge on any atom is -0.394 e. The van der Waals surface area contributed by atoms with Gasteiger partial charge in [0.25, 0.3) is 0 Å². The summed E-state index contributed by atoms with van der Waals surface area (Å²) in [5.41, 5.74) is 1.28. The first-order valence-electron chi connectivity index (χ1n) is 5.07. The van der Waals surface area contributed by atoms with E-state index in [9.17, 15) is 5.11 Å². The molecule has 0 spiro atoms. The predicted molar refractivity (Wildman–Crippen MR) is 57.0 cm³/mol. The van der Waals surface area contributed by atoms with E-state index < -0.39 is 6.10 Å².